The number of hydrogen-bond acceptors (Lipinski definition) is 9. The van der Waals surface area contributed by atoms with Crippen LogP contribution in [0.3, 0.4) is 0 Å². The monoisotopic (exact) mass is 538 g/mol. The summed E-state index contributed by atoms with van der Waals surface area (Å²) in [6.45, 7) is 0.336. The molecule has 12 nitrogen and oxygen atoms in total. The first-order chi connectivity index (χ1) is 18.1. The van der Waals surface area contributed by atoms with E-state index in [1.165, 1.54) is 28.2 Å². The van der Waals surface area contributed by atoms with Crippen molar-refractivity contribution in [2.75, 3.05) is 19.7 Å². The van der Waals surface area contributed by atoms with Gasteiger partial charge in [-0.1, -0.05) is 12.1 Å². The number of nitrogens with one attached hydrogen (secondary N) is 1. The highest BCUT2D eigenvalue weighted by Crippen LogP contribution is 2.46. The lowest BCUT2D eigenvalue weighted by atomic mass is 10.1. The first kappa shape index (κ1) is 25.8. The van der Waals surface area contributed by atoms with Gasteiger partial charge in [0.15, 0.2) is 0 Å². The van der Waals surface area contributed by atoms with E-state index in [1.54, 1.807) is 24.3 Å². The predicted octanol–water partition coefficient (Wildman–Crippen LogP) is 0.438. The van der Waals surface area contributed by atoms with Crippen LogP contribution >= 0.6 is 0 Å². The Hall–Kier alpha value is -3.86. The normalized spacial score (nSPS) is 18.7. The molecule has 1 saturated heterocycles. The SMILES string of the molecule is Cn1c(=O)c(C(=O)NCc2ccc(C#N)cc2)cc2cnnc(OCC3(S(=O)(=O)N4CC[C@@H](O)C4)CC3)c21. The van der Waals surface area contributed by atoms with Crippen LogP contribution in [0, 0.1) is 11.3 Å². The van der Waals surface area contributed by atoms with E-state index in [2.05, 4.69) is 15.5 Å². The number of β-amino-alcohol motifs (C(OH)–C–C–N with tert-alkyl or cyclic N) is 1. The fraction of sp³-hybridized carbons (Fsp3) is 0.400. The maximum Gasteiger partial charge on any atom is 0.263 e. The summed E-state index contributed by atoms with van der Waals surface area (Å²) in [4.78, 5) is 25.9. The lowest BCUT2D eigenvalue weighted by molar-refractivity contribution is 0.0949. The van der Waals surface area contributed by atoms with E-state index >= 15 is 0 Å². The molecule has 2 N–H and O–H groups in total. The number of rotatable bonds is 8. The van der Waals surface area contributed by atoms with Crippen LogP contribution in [0.15, 0.2) is 41.3 Å². The number of aryl methyl sites for hydroxylation is 1. The molecule has 1 aliphatic carbocycles. The first-order valence-electron chi connectivity index (χ1n) is 12.1. The fourth-order valence-electron chi connectivity index (χ4n) is 4.57. The minimum Gasteiger partial charge on any atom is -0.473 e. The summed E-state index contributed by atoms with van der Waals surface area (Å²) in [5.74, 6) is -0.582. The number of aliphatic hydroxyl groups excluding tert-OH is 1. The summed E-state index contributed by atoms with van der Waals surface area (Å²) in [6.07, 6.45) is 1.96. The molecule has 0 bridgehead atoms. The van der Waals surface area contributed by atoms with Crippen molar-refractivity contribution in [3.8, 4) is 11.9 Å². The van der Waals surface area contributed by atoms with E-state index in [0.717, 1.165) is 5.56 Å². The number of aromatic nitrogens is 3. The summed E-state index contributed by atoms with van der Waals surface area (Å²) in [5.41, 5.74) is 0.888. The first-order valence-corrected chi connectivity index (χ1v) is 13.5. The molecule has 3 heterocycles. The van der Waals surface area contributed by atoms with E-state index in [9.17, 15) is 23.1 Å². The molecule has 1 saturated carbocycles. The van der Waals surface area contributed by atoms with Gasteiger partial charge in [-0.15, -0.1) is 5.10 Å². The van der Waals surface area contributed by atoms with Gasteiger partial charge < -0.3 is 19.7 Å². The highest BCUT2D eigenvalue weighted by atomic mass is 32.2. The molecule has 1 amide bonds. The summed E-state index contributed by atoms with van der Waals surface area (Å²) in [5, 5.41) is 29.7. The van der Waals surface area contributed by atoms with E-state index in [1.807, 2.05) is 6.07 Å². The van der Waals surface area contributed by atoms with Gasteiger partial charge in [-0.05, 0) is 43.0 Å². The van der Waals surface area contributed by atoms with Gasteiger partial charge in [0.05, 0.1) is 23.9 Å². The van der Waals surface area contributed by atoms with Crippen molar-refractivity contribution in [3.05, 3.63) is 63.6 Å². The number of aliphatic hydroxyl groups is 1. The Kier molecular flexibility index (Phi) is 6.64. The van der Waals surface area contributed by atoms with Gasteiger partial charge in [0.1, 0.15) is 22.4 Å². The van der Waals surface area contributed by atoms with Crippen LogP contribution in [0.5, 0.6) is 5.88 Å². The molecule has 0 spiro atoms. The Balaban J connectivity index is 1.35. The molecule has 5 rings (SSSR count). The highest BCUT2D eigenvalue weighted by molar-refractivity contribution is 7.90. The number of nitriles is 1. The Bertz CT molecular complexity index is 1610. The zero-order valence-electron chi connectivity index (χ0n) is 20.6. The van der Waals surface area contributed by atoms with Crippen molar-refractivity contribution in [3.63, 3.8) is 0 Å². The molecule has 1 aliphatic heterocycles. The topological polar surface area (TPSA) is 168 Å². The standard InChI is InChI=1S/C25H26N6O6S/c1-30-21-18(10-20(24(30)34)22(33)27-12-17-4-2-16(11-26)3-5-17)13-28-29-23(21)37-15-25(7-8-25)38(35,36)31-9-6-19(32)14-31/h2-5,10,13,19,32H,6-9,12,14-15H2,1H3,(H,27,33)/t19-/m1/s1. The highest BCUT2D eigenvalue weighted by Gasteiger charge is 2.58. The molecule has 3 aromatic rings. The van der Waals surface area contributed by atoms with Crippen molar-refractivity contribution < 1.29 is 23.1 Å². The van der Waals surface area contributed by atoms with Crippen LogP contribution in [0.2, 0.25) is 0 Å². The summed E-state index contributed by atoms with van der Waals surface area (Å²) >= 11 is 0. The van der Waals surface area contributed by atoms with Crippen LogP contribution in [-0.4, -0.2) is 69.0 Å². The van der Waals surface area contributed by atoms with Gasteiger partial charge in [0, 0.05) is 32.1 Å². The van der Waals surface area contributed by atoms with Gasteiger partial charge in [-0.25, -0.2) is 8.42 Å². The number of hydrogen-bond donors (Lipinski definition) is 2. The number of fused-ring (bicyclic) bond motifs is 1. The van der Waals surface area contributed by atoms with Gasteiger partial charge in [-0.2, -0.15) is 14.7 Å². The minimum absolute atomic E-state index is 0.00503. The molecule has 2 aromatic heterocycles. The van der Waals surface area contributed by atoms with Gasteiger partial charge in [0.25, 0.3) is 17.3 Å². The minimum atomic E-state index is -3.69. The van der Waals surface area contributed by atoms with Crippen molar-refractivity contribution in [2.24, 2.45) is 7.05 Å². The summed E-state index contributed by atoms with van der Waals surface area (Å²) in [7, 11) is -2.21. The molecule has 198 valence electrons. The average Bonchev–Trinajstić information content (AvgIpc) is 3.60. The van der Waals surface area contributed by atoms with E-state index in [0.29, 0.717) is 35.7 Å². The molecular weight excluding hydrogens is 512 g/mol. The van der Waals surface area contributed by atoms with E-state index in [4.69, 9.17) is 10.00 Å². The molecule has 38 heavy (non-hydrogen) atoms. The number of sulfonamides is 1. The number of carbonyl (C=O) groups is 1. The Morgan fingerprint density at radius 3 is 2.68 bits per heavy atom. The van der Waals surface area contributed by atoms with Crippen LogP contribution in [-0.2, 0) is 23.6 Å². The lowest BCUT2D eigenvalue weighted by Crippen LogP contribution is -2.42. The van der Waals surface area contributed by atoms with Crippen LogP contribution in [0.25, 0.3) is 10.9 Å². The summed E-state index contributed by atoms with van der Waals surface area (Å²) < 4.78 is 33.6. The third-order valence-corrected chi connectivity index (χ3v) is 9.70. The number of nitrogens with zero attached hydrogens (tertiary/aromatic N) is 5. The second kappa shape index (κ2) is 9.79. The quantitative estimate of drug-likeness (QED) is 0.413. The second-order valence-electron chi connectivity index (χ2n) is 9.64. The maximum absolute atomic E-state index is 13.2. The van der Waals surface area contributed by atoms with Crippen molar-refractivity contribution >= 4 is 26.8 Å². The van der Waals surface area contributed by atoms with Crippen molar-refractivity contribution in [1.82, 2.24) is 24.4 Å². The van der Waals surface area contributed by atoms with Gasteiger partial charge >= 0.3 is 0 Å². The van der Waals surface area contributed by atoms with Crippen molar-refractivity contribution in [1.29, 1.82) is 5.26 Å². The van der Waals surface area contributed by atoms with Gasteiger partial charge in [-0.3, -0.25) is 9.59 Å². The number of amides is 1. The smallest absolute Gasteiger partial charge is 0.263 e. The second-order valence-corrected chi connectivity index (χ2v) is 12.0. The zero-order valence-corrected chi connectivity index (χ0v) is 21.4. The zero-order chi connectivity index (χ0) is 27.1. The largest absolute Gasteiger partial charge is 0.473 e. The molecule has 1 aromatic carbocycles. The summed E-state index contributed by atoms with van der Waals surface area (Å²) in [6, 6.07) is 10.2. The molecule has 0 radical (unpaired) electrons. The molecule has 1 atom stereocenters. The van der Waals surface area contributed by atoms with Gasteiger partial charge in [0.2, 0.25) is 10.0 Å². The molecule has 2 fully saturated rings. The Morgan fingerprint density at radius 1 is 1.32 bits per heavy atom. The maximum atomic E-state index is 13.2. The number of ether oxygens (including phenoxy) is 1. The third-order valence-electron chi connectivity index (χ3n) is 7.07. The van der Waals surface area contributed by atoms with E-state index in [-0.39, 0.29) is 37.7 Å². The number of carbonyl (C=O) groups excluding carboxylic acids is 1. The van der Waals surface area contributed by atoms with Crippen LogP contribution in [0.1, 0.15) is 40.7 Å². The number of benzene rings is 1. The fourth-order valence-corrected chi connectivity index (χ4v) is 6.66. The molecular formula is C25H26N6O6S. The van der Waals surface area contributed by atoms with Crippen molar-refractivity contribution in [2.45, 2.75) is 36.7 Å². The number of pyridine rings is 1. The Labute approximate surface area is 218 Å². The third kappa shape index (κ3) is 4.62. The molecule has 0 unspecified atom stereocenters. The van der Waals surface area contributed by atoms with Crippen LogP contribution in [0.4, 0.5) is 0 Å². The Morgan fingerprint density at radius 2 is 2.05 bits per heavy atom. The molecule has 2 aliphatic rings. The molecule has 13 heteroatoms. The lowest BCUT2D eigenvalue weighted by Gasteiger charge is -2.23. The average molecular weight is 539 g/mol. The predicted molar refractivity (Wildman–Crippen MR) is 136 cm³/mol. The van der Waals surface area contributed by atoms with E-state index < -0.39 is 32.3 Å². The van der Waals surface area contributed by atoms with Crippen LogP contribution < -0.4 is 15.6 Å².